The van der Waals surface area contributed by atoms with Crippen LogP contribution in [-0.4, -0.2) is 91.0 Å². The van der Waals surface area contributed by atoms with Crippen molar-refractivity contribution in [2.75, 3.05) is 12.5 Å². The number of nitrogens with zero attached hydrogens (tertiary/aromatic N) is 1. The Bertz CT molecular complexity index is 436. The molecule has 1 fully saturated rings. The summed E-state index contributed by atoms with van der Waals surface area (Å²) in [5.74, 6) is -3.89. The van der Waals surface area contributed by atoms with Gasteiger partial charge in [-0.3, -0.25) is 14.5 Å². The molecule has 1 aliphatic heterocycles. The number of hydrogen-bond acceptors (Lipinski definition) is 8. The molecular formula is C13H22ClNO8. The number of amides is 2. The first-order chi connectivity index (χ1) is 10.6. The van der Waals surface area contributed by atoms with E-state index in [1.54, 1.807) is 0 Å². The summed E-state index contributed by atoms with van der Waals surface area (Å²) in [6, 6.07) is -1.36. The summed E-state index contributed by atoms with van der Waals surface area (Å²) >= 11 is 5.60. The van der Waals surface area contributed by atoms with E-state index in [9.17, 15) is 30.0 Å². The monoisotopic (exact) mass is 355 g/mol. The first-order valence-electron chi connectivity index (χ1n) is 6.99. The standard InChI is InChI=1S/C13H22ClNO8/c1-6(17)15(7(2)18)10-8(19)3-13(22,5-14)23-12(10)11(21)9(20)4-16/h8-12,16,19-22H,3-5H2,1-2H3/t8-,9+,10+,11+,12+,13-/m0/s1. The van der Waals surface area contributed by atoms with Gasteiger partial charge in [0.15, 0.2) is 5.79 Å². The van der Waals surface area contributed by atoms with Gasteiger partial charge in [-0.2, -0.15) is 0 Å². The summed E-state index contributed by atoms with van der Waals surface area (Å²) in [5, 5.41) is 49.1. The van der Waals surface area contributed by atoms with Gasteiger partial charge in [-0.25, -0.2) is 0 Å². The normalized spacial score (nSPS) is 33.8. The molecule has 0 spiro atoms. The second-order valence-corrected chi connectivity index (χ2v) is 5.84. The van der Waals surface area contributed by atoms with Gasteiger partial charge < -0.3 is 30.3 Å². The first-order valence-corrected chi connectivity index (χ1v) is 7.53. The first kappa shape index (κ1) is 20.2. The van der Waals surface area contributed by atoms with E-state index in [0.29, 0.717) is 4.90 Å². The van der Waals surface area contributed by atoms with E-state index in [4.69, 9.17) is 21.4 Å². The zero-order chi connectivity index (χ0) is 17.9. The van der Waals surface area contributed by atoms with Crippen LogP contribution in [-0.2, 0) is 14.3 Å². The van der Waals surface area contributed by atoms with Crippen molar-refractivity contribution in [2.45, 2.75) is 56.5 Å². The van der Waals surface area contributed by atoms with Gasteiger partial charge in [0.2, 0.25) is 11.8 Å². The van der Waals surface area contributed by atoms with Crippen molar-refractivity contribution >= 4 is 23.4 Å². The van der Waals surface area contributed by atoms with E-state index in [0.717, 1.165) is 13.8 Å². The highest BCUT2D eigenvalue weighted by atomic mass is 35.5. The molecule has 0 unspecified atom stereocenters. The van der Waals surface area contributed by atoms with Crippen molar-refractivity contribution in [1.29, 1.82) is 0 Å². The van der Waals surface area contributed by atoms with Crippen LogP contribution in [0.25, 0.3) is 0 Å². The van der Waals surface area contributed by atoms with E-state index in [1.165, 1.54) is 0 Å². The number of hydrogen-bond donors (Lipinski definition) is 5. The molecule has 1 heterocycles. The molecule has 134 valence electrons. The van der Waals surface area contributed by atoms with Crippen LogP contribution in [0.3, 0.4) is 0 Å². The number of carbonyl (C=O) groups is 2. The van der Waals surface area contributed by atoms with Crippen molar-refractivity contribution in [2.24, 2.45) is 0 Å². The van der Waals surface area contributed by atoms with Crippen LogP contribution >= 0.6 is 11.6 Å². The number of aliphatic hydroxyl groups is 5. The molecular weight excluding hydrogens is 334 g/mol. The highest BCUT2D eigenvalue weighted by molar-refractivity contribution is 6.18. The van der Waals surface area contributed by atoms with Gasteiger partial charge in [0.25, 0.3) is 0 Å². The minimum absolute atomic E-state index is 0.406. The Morgan fingerprint density at radius 2 is 1.87 bits per heavy atom. The van der Waals surface area contributed by atoms with E-state index < -0.39 is 67.0 Å². The zero-order valence-electron chi connectivity index (χ0n) is 12.8. The largest absolute Gasteiger partial charge is 0.394 e. The summed E-state index contributed by atoms with van der Waals surface area (Å²) < 4.78 is 5.27. The van der Waals surface area contributed by atoms with Crippen molar-refractivity contribution in [1.82, 2.24) is 4.90 Å². The number of alkyl halides is 1. The summed E-state index contributed by atoms with van der Waals surface area (Å²) in [6.07, 6.45) is -6.86. The average Bonchev–Trinajstić information content (AvgIpc) is 2.47. The number of halogens is 1. The molecule has 9 nitrogen and oxygen atoms in total. The summed E-state index contributed by atoms with van der Waals surface area (Å²) in [6.45, 7) is 1.34. The Morgan fingerprint density at radius 1 is 1.35 bits per heavy atom. The Balaban J connectivity index is 3.26. The van der Waals surface area contributed by atoms with Crippen LogP contribution < -0.4 is 0 Å². The number of aliphatic hydroxyl groups excluding tert-OH is 4. The maximum Gasteiger partial charge on any atom is 0.226 e. The van der Waals surface area contributed by atoms with Gasteiger partial charge in [0, 0.05) is 20.3 Å². The molecule has 1 rings (SSSR count). The van der Waals surface area contributed by atoms with E-state index in [1.807, 2.05) is 0 Å². The third-order valence-corrected chi connectivity index (χ3v) is 4.14. The molecule has 0 aliphatic carbocycles. The molecule has 0 radical (unpaired) electrons. The van der Waals surface area contributed by atoms with E-state index in [2.05, 4.69) is 0 Å². The number of rotatable bonds is 5. The third kappa shape index (κ3) is 4.38. The van der Waals surface area contributed by atoms with E-state index >= 15 is 0 Å². The minimum Gasteiger partial charge on any atom is -0.394 e. The van der Waals surface area contributed by atoms with Gasteiger partial charge in [-0.05, 0) is 0 Å². The van der Waals surface area contributed by atoms with E-state index in [-0.39, 0.29) is 0 Å². The number of imide groups is 1. The van der Waals surface area contributed by atoms with Crippen molar-refractivity contribution in [3.63, 3.8) is 0 Å². The quantitative estimate of drug-likeness (QED) is 0.341. The lowest BCUT2D eigenvalue weighted by atomic mass is 9.88. The summed E-state index contributed by atoms with van der Waals surface area (Å²) in [7, 11) is 0. The fourth-order valence-electron chi connectivity index (χ4n) is 2.68. The lowest BCUT2D eigenvalue weighted by Crippen LogP contribution is -2.67. The number of carbonyl (C=O) groups excluding carboxylic acids is 2. The van der Waals surface area contributed by atoms with Crippen LogP contribution in [0.2, 0.25) is 0 Å². The Hall–Kier alpha value is -0.810. The van der Waals surface area contributed by atoms with Gasteiger partial charge in [-0.1, -0.05) is 0 Å². The summed E-state index contributed by atoms with van der Waals surface area (Å²) in [4.78, 5) is 24.1. The van der Waals surface area contributed by atoms with Crippen LogP contribution in [0.1, 0.15) is 20.3 Å². The maximum absolute atomic E-state index is 11.7. The molecule has 0 aromatic carbocycles. The predicted octanol–water partition coefficient (Wildman–Crippen LogP) is -2.46. The second kappa shape index (κ2) is 7.84. The van der Waals surface area contributed by atoms with Crippen molar-refractivity contribution in [3.8, 4) is 0 Å². The van der Waals surface area contributed by atoms with Crippen LogP contribution in [0.15, 0.2) is 0 Å². The molecule has 10 heteroatoms. The van der Waals surface area contributed by atoms with Crippen molar-refractivity contribution in [3.05, 3.63) is 0 Å². The zero-order valence-corrected chi connectivity index (χ0v) is 13.5. The van der Waals surface area contributed by atoms with Gasteiger partial charge in [0.05, 0.1) is 24.6 Å². The Morgan fingerprint density at radius 3 is 2.26 bits per heavy atom. The van der Waals surface area contributed by atoms with Crippen LogP contribution in [0, 0.1) is 0 Å². The lowest BCUT2D eigenvalue weighted by Gasteiger charge is -2.48. The molecule has 1 saturated heterocycles. The summed E-state index contributed by atoms with van der Waals surface area (Å²) in [5.41, 5.74) is 0. The molecule has 1 aliphatic rings. The molecule has 0 saturated carbocycles. The van der Waals surface area contributed by atoms with Crippen molar-refractivity contribution < 1.29 is 39.9 Å². The number of ether oxygens (including phenoxy) is 1. The molecule has 5 N–H and O–H groups in total. The van der Waals surface area contributed by atoms with Crippen LogP contribution in [0.5, 0.6) is 0 Å². The molecule has 2 amide bonds. The third-order valence-electron chi connectivity index (χ3n) is 3.72. The molecule has 0 aromatic rings. The smallest absolute Gasteiger partial charge is 0.226 e. The maximum atomic E-state index is 11.7. The second-order valence-electron chi connectivity index (χ2n) is 5.57. The predicted molar refractivity (Wildman–Crippen MR) is 77.3 cm³/mol. The molecule has 23 heavy (non-hydrogen) atoms. The Labute approximate surface area is 138 Å². The average molecular weight is 356 g/mol. The SMILES string of the molecule is CC(=O)N(C(C)=O)[C@H]1[C@H]([C@H](O)[C@H](O)CO)O[C@](O)(CCl)C[C@@H]1O. The fourth-order valence-corrected chi connectivity index (χ4v) is 2.86. The van der Waals surface area contributed by atoms with Gasteiger partial charge in [-0.15, -0.1) is 11.6 Å². The minimum atomic E-state index is -2.02. The van der Waals surface area contributed by atoms with Crippen LogP contribution in [0.4, 0.5) is 0 Å². The topological polar surface area (TPSA) is 148 Å². The van der Waals surface area contributed by atoms with Gasteiger partial charge >= 0.3 is 0 Å². The lowest BCUT2D eigenvalue weighted by molar-refractivity contribution is -0.299. The Kier molecular flexibility index (Phi) is 6.90. The van der Waals surface area contributed by atoms with Gasteiger partial charge in [0.1, 0.15) is 18.3 Å². The highest BCUT2D eigenvalue weighted by Crippen LogP contribution is 2.33. The highest BCUT2D eigenvalue weighted by Gasteiger charge is 2.52. The molecule has 0 bridgehead atoms. The molecule has 0 aromatic heterocycles. The molecule has 6 atom stereocenters. The fraction of sp³-hybridized carbons (Fsp3) is 0.846.